The van der Waals surface area contributed by atoms with Gasteiger partial charge in [-0.2, -0.15) is 0 Å². The number of rotatable bonds is 6. The Kier molecular flexibility index (Phi) is 6.07. The number of hydrogen-bond donors (Lipinski definition) is 1. The van der Waals surface area contributed by atoms with Crippen LogP contribution in [-0.4, -0.2) is 21.9 Å². The monoisotopic (exact) mass is 412 g/mol. The second-order valence-corrected chi connectivity index (χ2v) is 8.98. The highest BCUT2D eigenvalue weighted by Gasteiger charge is 2.18. The van der Waals surface area contributed by atoms with Crippen LogP contribution in [0.5, 0.6) is 0 Å². The van der Waals surface area contributed by atoms with Crippen LogP contribution in [0, 0.1) is 5.82 Å². The number of hydrogen-bond acceptors (Lipinski definition) is 4. The summed E-state index contributed by atoms with van der Waals surface area (Å²) >= 11 is 3.15. The van der Waals surface area contributed by atoms with Crippen LogP contribution in [0.15, 0.2) is 53.9 Å². The van der Waals surface area contributed by atoms with Crippen molar-refractivity contribution in [3.8, 4) is 21.8 Å². The van der Waals surface area contributed by atoms with E-state index in [1.54, 1.807) is 30.0 Å². The molecular formula is C22H21FN2OS2. The first-order valence-corrected chi connectivity index (χ1v) is 11.3. The average Bonchev–Trinajstić information content (AvgIpc) is 3.39. The first-order chi connectivity index (χ1) is 13.7. The zero-order chi connectivity index (χ0) is 19.3. The first-order valence-electron chi connectivity index (χ1n) is 9.42. The second kappa shape index (κ2) is 8.88. The van der Waals surface area contributed by atoms with E-state index in [4.69, 9.17) is 0 Å². The van der Waals surface area contributed by atoms with Crippen molar-refractivity contribution >= 4 is 34.7 Å². The van der Waals surface area contributed by atoms with E-state index in [-0.39, 0.29) is 11.7 Å². The fraction of sp³-hybridized carbons (Fsp3) is 0.273. The fourth-order valence-corrected chi connectivity index (χ4v) is 5.38. The summed E-state index contributed by atoms with van der Waals surface area (Å²) in [6.45, 7) is 0. The molecule has 0 radical (unpaired) electrons. The van der Waals surface area contributed by atoms with E-state index in [1.165, 1.54) is 43.1 Å². The van der Waals surface area contributed by atoms with Gasteiger partial charge in [-0.1, -0.05) is 43.2 Å². The topological polar surface area (TPSA) is 42.0 Å². The molecule has 3 nitrogen and oxygen atoms in total. The molecule has 3 aromatic rings. The Morgan fingerprint density at radius 1 is 1.11 bits per heavy atom. The molecule has 1 aromatic heterocycles. The molecule has 1 amide bonds. The molecule has 6 heteroatoms. The van der Waals surface area contributed by atoms with Gasteiger partial charge >= 0.3 is 0 Å². The lowest BCUT2D eigenvalue weighted by Crippen LogP contribution is -2.16. The number of para-hydroxylation sites is 1. The number of carbonyl (C=O) groups excluding carboxylic acids is 1. The summed E-state index contributed by atoms with van der Waals surface area (Å²) in [6, 6.07) is 14.3. The molecule has 1 aliphatic carbocycles. The maximum atomic E-state index is 14.1. The largest absolute Gasteiger partial charge is 0.325 e. The van der Waals surface area contributed by atoms with Crippen molar-refractivity contribution in [2.24, 2.45) is 0 Å². The second-order valence-electron chi connectivity index (χ2n) is 6.83. The molecule has 1 aliphatic rings. The molecular weight excluding hydrogens is 391 g/mol. The van der Waals surface area contributed by atoms with E-state index in [9.17, 15) is 9.18 Å². The van der Waals surface area contributed by atoms with E-state index in [2.05, 4.69) is 10.3 Å². The van der Waals surface area contributed by atoms with Crippen LogP contribution in [0.4, 0.5) is 10.1 Å². The normalized spacial score (nSPS) is 14.3. The van der Waals surface area contributed by atoms with E-state index in [0.717, 1.165) is 16.9 Å². The summed E-state index contributed by atoms with van der Waals surface area (Å²) in [7, 11) is 0. The summed E-state index contributed by atoms with van der Waals surface area (Å²) in [4.78, 5) is 17.0. The Bertz CT molecular complexity index is 966. The Morgan fingerprint density at radius 2 is 1.82 bits per heavy atom. The van der Waals surface area contributed by atoms with Gasteiger partial charge < -0.3 is 5.32 Å². The van der Waals surface area contributed by atoms with Gasteiger partial charge in [-0.25, -0.2) is 9.37 Å². The highest BCUT2D eigenvalue weighted by molar-refractivity contribution is 8.00. The zero-order valence-corrected chi connectivity index (χ0v) is 17.0. The number of thiazole rings is 1. The SMILES string of the molecule is O=C(CSC1CCCC1)Nc1ccccc1-c1csc(-c2ccccc2F)n1. The van der Waals surface area contributed by atoms with Crippen molar-refractivity contribution in [2.75, 3.05) is 11.1 Å². The van der Waals surface area contributed by atoms with Gasteiger partial charge in [0.25, 0.3) is 0 Å². The predicted octanol–water partition coefficient (Wildman–Crippen LogP) is 6.23. The number of carbonyl (C=O) groups is 1. The van der Waals surface area contributed by atoms with Crippen LogP contribution in [0.1, 0.15) is 25.7 Å². The minimum atomic E-state index is -0.283. The van der Waals surface area contributed by atoms with Crippen LogP contribution in [0.2, 0.25) is 0 Å². The molecule has 144 valence electrons. The van der Waals surface area contributed by atoms with Crippen molar-refractivity contribution in [3.63, 3.8) is 0 Å². The van der Waals surface area contributed by atoms with Crippen molar-refractivity contribution in [2.45, 2.75) is 30.9 Å². The molecule has 1 fully saturated rings. The van der Waals surface area contributed by atoms with Gasteiger partial charge in [0, 0.05) is 21.8 Å². The molecule has 0 atom stereocenters. The van der Waals surface area contributed by atoms with E-state index < -0.39 is 0 Å². The molecule has 0 aliphatic heterocycles. The summed E-state index contributed by atoms with van der Waals surface area (Å²) < 4.78 is 14.1. The van der Waals surface area contributed by atoms with E-state index >= 15 is 0 Å². The van der Waals surface area contributed by atoms with Crippen LogP contribution in [0.3, 0.4) is 0 Å². The van der Waals surface area contributed by atoms with Crippen molar-refractivity contribution in [1.29, 1.82) is 0 Å². The highest BCUT2D eigenvalue weighted by atomic mass is 32.2. The Hall–Kier alpha value is -2.18. The first kappa shape index (κ1) is 19.2. The number of amides is 1. The summed E-state index contributed by atoms with van der Waals surface area (Å²) in [5, 5.41) is 6.17. The molecule has 0 unspecified atom stereocenters. The predicted molar refractivity (Wildman–Crippen MR) is 116 cm³/mol. The number of nitrogens with zero attached hydrogens (tertiary/aromatic N) is 1. The van der Waals surface area contributed by atoms with Gasteiger partial charge in [0.05, 0.1) is 17.1 Å². The number of aromatic nitrogens is 1. The third kappa shape index (κ3) is 4.45. The standard InChI is InChI=1S/C22H21FN2OS2/c23-18-11-5-3-9-16(18)22-25-20(13-28-22)17-10-4-6-12-19(17)24-21(26)14-27-15-7-1-2-8-15/h3-6,9-13,15H,1-2,7-8,14H2,(H,24,26). The van der Waals surface area contributed by atoms with Crippen molar-refractivity contribution in [1.82, 2.24) is 4.98 Å². The van der Waals surface area contributed by atoms with Gasteiger partial charge in [0.15, 0.2) is 0 Å². The fourth-order valence-electron chi connectivity index (χ4n) is 3.41. The molecule has 0 bridgehead atoms. The third-order valence-electron chi connectivity index (χ3n) is 4.84. The summed E-state index contributed by atoms with van der Waals surface area (Å²) in [5.41, 5.74) is 2.82. The molecule has 2 aromatic carbocycles. The lowest BCUT2D eigenvalue weighted by atomic mass is 10.1. The maximum Gasteiger partial charge on any atom is 0.234 e. The van der Waals surface area contributed by atoms with Crippen LogP contribution in [-0.2, 0) is 4.79 Å². The molecule has 1 saturated carbocycles. The lowest BCUT2D eigenvalue weighted by molar-refractivity contribution is -0.113. The van der Waals surface area contributed by atoms with E-state index in [0.29, 0.717) is 21.6 Å². The number of benzene rings is 2. The number of anilines is 1. The van der Waals surface area contributed by atoms with Gasteiger partial charge in [-0.3, -0.25) is 4.79 Å². The maximum absolute atomic E-state index is 14.1. The van der Waals surface area contributed by atoms with Crippen LogP contribution >= 0.6 is 23.1 Å². The minimum Gasteiger partial charge on any atom is -0.325 e. The molecule has 0 saturated heterocycles. The molecule has 0 spiro atoms. The highest BCUT2D eigenvalue weighted by Crippen LogP contribution is 2.34. The number of halogens is 1. The smallest absolute Gasteiger partial charge is 0.234 e. The molecule has 1 N–H and O–H groups in total. The summed E-state index contributed by atoms with van der Waals surface area (Å²) in [5.74, 6) is 0.194. The van der Waals surface area contributed by atoms with Gasteiger partial charge in [0.2, 0.25) is 5.91 Å². The summed E-state index contributed by atoms with van der Waals surface area (Å²) in [6.07, 6.45) is 4.98. The molecule has 4 rings (SSSR count). The van der Waals surface area contributed by atoms with Gasteiger partial charge in [-0.05, 0) is 31.0 Å². The van der Waals surface area contributed by atoms with Gasteiger partial charge in [-0.15, -0.1) is 23.1 Å². The van der Waals surface area contributed by atoms with Gasteiger partial charge in [0.1, 0.15) is 10.8 Å². The van der Waals surface area contributed by atoms with Crippen LogP contribution in [0.25, 0.3) is 21.8 Å². The third-order valence-corrected chi connectivity index (χ3v) is 7.09. The zero-order valence-electron chi connectivity index (χ0n) is 15.4. The Balaban J connectivity index is 1.50. The quantitative estimate of drug-likeness (QED) is 0.522. The van der Waals surface area contributed by atoms with Crippen LogP contribution < -0.4 is 5.32 Å². The number of thioether (sulfide) groups is 1. The lowest BCUT2D eigenvalue weighted by Gasteiger charge is -2.11. The molecule has 1 heterocycles. The minimum absolute atomic E-state index is 0.00825. The Morgan fingerprint density at radius 3 is 2.61 bits per heavy atom. The van der Waals surface area contributed by atoms with Crippen molar-refractivity contribution < 1.29 is 9.18 Å². The number of nitrogens with one attached hydrogen (secondary N) is 1. The average molecular weight is 413 g/mol. The van der Waals surface area contributed by atoms with E-state index in [1.807, 2.05) is 29.6 Å². The molecule has 28 heavy (non-hydrogen) atoms. The Labute approximate surface area is 172 Å². The van der Waals surface area contributed by atoms with Crippen molar-refractivity contribution in [3.05, 3.63) is 59.7 Å².